The van der Waals surface area contributed by atoms with Crippen LogP contribution in [-0.4, -0.2) is 30.5 Å². The molecule has 0 aromatic heterocycles. The number of hydrogen-bond donors (Lipinski definition) is 1. The van der Waals surface area contributed by atoms with Crippen molar-refractivity contribution in [2.24, 2.45) is 0 Å². The van der Waals surface area contributed by atoms with Crippen molar-refractivity contribution < 1.29 is 28.6 Å². The molecule has 1 aliphatic rings. The zero-order valence-electron chi connectivity index (χ0n) is 18.1. The van der Waals surface area contributed by atoms with Gasteiger partial charge >= 0.3 is 0 Å². The Morgan fingerprint density at radius 2 is 1.61 bits per heavy atom. The summed E-state index contributed by atoms with van der Waals surface area (Å²) in [6.07, 6.45) is 0. The maximum Gasteiger partial charge on any atom is 0.300 e. The van der Waals surface area contributed by atoms with Crippen LogP contribution in [0.1, 0.15) is 24.1 Å². The third kappa shape index (κ3) is 4.05. The molecule has 3 aromatic rings. The van der Waals surface area contributed by atoms with Crippen molar-refractivity contribution in [3.05, 3.63) is 95.3 Å². The third-order valence-electron chi connectivity index (χ3n) is 5.43. The van der Waals surface area contributed by atoms with Crippen LogP contribution in [0.25, 0.3) is 5.76 Å². The van der Waals surface area contributed by atoms with E-state index < -0.39 is 23.5 Å². The average Bonchev–Trinajstić information content (AvgIpc) is 3.10. The van der Waals surface area contributed by atoms with E-state index >= 15 is 0 Å². The quantitative estimate of drug-likeness (QED) is 0.332. The summed E-state index contributed by atoms with van der Waals surface area (Å²) in [7, 11) is 1.51. The number of aliphatic hydroxyl groups is 1. The Hall–Kier alpha value is -4.13. The van der Waals surface area contributed by atoms with E-state index in [9.17, 15) is 19.1 Å². The molecule has 1 aliphatic heterocycles. The average molecular weight is 447 g/mol. The summed E-state index contributed by atoms with van der Waals surface area (Å²) in [4.78, 5) is 27.4. The Balaban J connectivity index is 1.89. The summed E-state index contributed by atoms with van der Waals surface area (Å²) < 4.78 is 25.5. The Kier molecular flexibility index (Phi) is 6.13. The van der Waals surface area contributed by atoms with Gasteiger partial charge in [-0.1, -0.05) is 18.2 Å². The number of nitrogens with zero attached hydrogens (tertiary/aromatic N) is 1. The molecule has 168 valence electrons. The van der Waals surface area contributed by atoms with E-state index in [0.29, 0.717) is 29.4 Å². The number of benzene rings is 3. The summed E-state index contributed by atoms with van der Waals surface area (Å²) in [6.45, 7) is 2.33. The van der Waals surface area contributed by atoms with Crippen LogP contribution in [0.15, 0.2) is 78.4 Å². The van der Waals surface area contributed by atoms with Crippen LogP contribution in [-0.2, 0) is 9.59 Å². The SMILES string of the molecule is CCOc1ccc(/C(O)=C2/C(=O)C(=O)N(c3ccc(OC)cc3)C2c2ccccc2F)cc1. The van der Waals surface area contributed by atoms with Crippen LogP contribution in [0.4, 0.5) is 10.1 Å². The van der Waals surface area contributed by atoms with Gasteiger partial charge in [0.05, 0.1) is 25.3 Å². The molecule has 0 radical (unpaired) electrons. The highest BCUT2D eigenvalue weighted by Gasteiger charge is 2.47. The number of rotatable bonds is 6. The molecule has 1 heterocycles. The van der Waals surface area contributed by atoms with Crippen molar-refractivity contribution in [3.8, 4) is 11.5 Å². The van der Waals surface area contributed by atoms with Crippen LogP contribution in [0.3, 0.4) is 0 Å². The van der Waals surface area contributed by atoms with Gasteiger partial charge in [0.1, 0.15) is 23.1 Å². The molecule has 33 heavy (non-hydrogen) atoms. The number of ketones is 1. The largest absolute Gasteiger partial charge is 0.507 e. The van der Waals surface area contributed by atoms with Gasteiger partial charge in [0.2, 0.25) is 0 Å². The molecule has 1 amide bonds. The molecular formula is C26H22FNO5. The minimum absolute atomic E-state index is 0.0972. The number of anilines is 1. The number of ether oxygens (including phenoxy) is 2. The van der Waals surface area contributed by atoms with E-state index in [-0.39, 0.29) is 16.9 Å². The number of carbonyl (C=O) groups excluding carboxylic acids is 2. The first-order valence-electron chi connectivity index (χ1n) is 10.4. The van der Waals surface area contributed by atoms with Crippen LogP contribution in [0, 0.1) is 5.82 Å². The number of amides is 1. The van der Waals surface area contributed by atoms with Crippen LogP contribution >= 0.6 is 0 Å². The van der Waals surface area contributed by atoms with Crippen molar-refractivity contribution in [1.82, 2.24) is 0 Å². The highest BCUT2D eigenvalue weighted by Crippen LogP contribution is 2.43. The molecule has 1 saturated heterocycles. The van der Waals surface area contributed by atoms with Gasteiger partial charge in [0.25, 0.3) is 11.7 Å². The lowest BCUT2D eigenvalue weighted by atomic mass is 9.94. The lowest BCUT2D eigenvalue weighted by Gasteiger charge is -2.25. The molecule has 0 aliphatic carbocycles. The molecule has 6 nitrogen and oxygen atoms in total. The van der Waals surface area contributed by atoms with E-state index in [4.69, 9.17) is 9.47 Å². The van der Waals surface area contributed by atoms with Crippen molar-refractivity contribution in [2.45, 2.75) is 13.0 Å². The maximum atomic E-state index is 14.9. The fraction of sp³-hybridized carbons (Fsp3) is 0.154. The van der Waals surface area contributed by atoms with Gasteiger partial charge in [-0.2, -0.15) is 0 Å². The molecule has 0 spiro atoms. The van der Waals surface area contributed by atoms with Gasteiger partial charge in [0.15, 0.2) is 0 Å². The van der Waals surface area contributed by atoms with Gasteiger partial charge in [-0.3, -0.25) is 14.5 Å². The Labute approximate surface area is 190 Å². The second kappa shape index (κ2) is 9.16. The zero-order chi connectivity index (χ0) is 23.5. The number of Topliss-reactive ketones (excluding diaryl/α,β-unsaturated/α-hetero) is 1. The van der Waals surface area contributed by atoms with E-state index in [2.05, 4.69) is 0 Å². The molecule has 1 fully saturated rings. The molecular weight excluding hydrogens is 425 g/mol. The summed E-state index contributed by atoms with van der Waals surface area (Å²) in [5.74, 6) is -1.59. The molecule has 0 bridgehead atoms. The molecule has 1 atom stereocenters. The lowest BCUT2D eigenvalue weighted by Crippen LogP contribution is -2.29. The van der Waals surface area contributed by atoms with Gasteiger partial charge in [-0.15, -0.1) is 0 Å². The van der Waals surface area contributed by atoms with Gasteiger partial charge in [-0.25, -0.2) is 4.39 Å². The first kappa shape index (κ1) is 22.1. The fourth-order valence-electron chi connectivity index (χ4n) is 3.86. The third-order valence-corrected chi connectivity index (χ3v) is 5.43. The highest BCUT2D eigenvalue weighted by molar-refractivity contribution is 6.51. The zero-order valence-corrected chi connectivity index (χ0v) is 18.1. The molecule has 4 rings (SSSR count). The summed E-state index contributed by atoms with van der Waals surface area (Å²) in [6, 6.07) is 17.7. The standard InChI is InChI=1S/C26H22FNO5/c1-3-33-19-12-8-16(9-13-19)24(29)22-23(20-6-4-5-7-21(20)27)28(26(31)25(22)30)17-10-14-18(32-2)15-11-17/h4-15,23,29H,3H2,1-2H3/b24-22-. The van der Waals surface area contributed by atoms with Crippen LogP contribution < -0.4 is 14.4 Å². The smallest absolute Gasteiger partial charge is 0.300 e. The van der Waals surface area contributed by atoms with Crippen molar-refractivity contribution in [2.75, 3.05) is 18.6 Å². The molecule has 7 heteroatoms. The van der Waals surface area contributed by atoms with Crippen LogP contribution in [0.5, 0.6) is 11.5 Å². The molecule has 0 saturated carbocycles. The van der Waals surface area contributed by atoms with E-state index in [0.717, 1.165) is 0 Å². The molecule has 1 unspecified atom stereocenters. The van der Waals surface area contributed by atoms with Gasteiger partial charge in [-0.05, 0) is 61.5 Å². The predicted octanol–water partition coefficient (Wildman–Crippen LogP) is 4.86. The normalized spacial score (nSPS) is 17.3. The molecule has 1 N–H and O–H groups in total. The maximum absolute atomic E-state index is 14.9. The van der Waals surface area contributed by atoms with Crippen molar-refractivity contribution in [1.29, 1.82) is 0 Å². The topological polar surface area (TPSA) is 76.1 Å². The Morgan fingerprint density at radius 1 is 0.970 bits per heavy atom. The van der Waals surface area contributed by atoms with E-state index in [1.165, 1.54) is 30.2 Å². The summed E-state index contributed by atoms with van der Waals surface area (Å²) in [5, 5.41) is 11.1. The van der Waals surface area contributed by atoms with Gasteiger partial charge in [0, 0.05) is 16.8 Å². The van der Waals surface area contributed by atoms with Gasteiger partial charge < -0.3 is 14.6 Å². The number of hydrogen-bond acceptors (Lipinski definition) is 5. The second-order valence-electron chi connectivity index (χ2n) is 7.35. The number of aliphatic hydroxyl groups excluding tert-OH is 1. The minimum Gasteiger partial charge on any atom is -0.507 e. The first-order valence-corrected chi connectivity index (χ1v) is 10.4. The predicted molar refractivity (Wildman–Crippen MR) is 122 cm³/mol. The summed E-state index contributed by atoms with van der Waals surface area (Å²) >= 11 is 0. The summed E-state index contributed by atoms with van der Waals surface area (Å²) in [5.41, 5.74) is 0.592. The first-order chi connectivity index (χ1) is 16.0. The van der Waals surface area contributed by atoms with Crippen LogP contribution in [0.2, 0.25) is 0 Å². The lowest BCUT2D eigenvalue weighted by molar-refractivity contribution is -0.132. The fourth-order valence-corrected chi connectivity index (χ4v) is 3.86. The van der Waals surface area contributed by atoms with E-state index in [1.807, 2.05) is 6.92 Å². The van der Waals surface area contributed by atoms with Crippen molar-refractivity contribution in [3.63, 3.8) is 0 Å². The Morgan fingerprint density at radius 3 is 2.21 bits per heavy atom. The number of methoxy groups -OCH3 is 1. The monoisotopic (exact) mass is 447 g/mol. The van der Waals surface area contributed by atoms with Crippen molar-refractivity contribution >= 4 is 23.1 Å². The number of carbonyl (C=O) groups is 2. The number of halogens is 1. The molecule has 3 aromatic carbocycles. The van der Waals surface area contributed by atoms with E-state index in [1.54, 1.807) is 54.6 Å². The highest BCUT2D eigenvalue weighted by atomic mass is 19.1. The minimum atomic E-state index is -1.15. The second-order valence-corrected chi connectivity index (χ2v) is 7.35. The Bertz CT molecular complexity index is 1220.